The van der Waals surface area contributed by atoms with Crippen molar-refractivity contribution < 1.29 is 50.5 Å². The van der Waals surface area contributed by atoms with E-state index in [-0.39, 0.29) is 0 Å². The van der Waals surface area contributed by atoms with Crippen LogP contribution in [-0.4, -0.2) is 50.5 Å². The third-order valence-electron chi connectivity index (χ3n) is 3.05. The number of alkyl halides is 4. The van der Waals surface area contributed by atoms with Crippen LogP contribution in [0.15, 0.2) is 17.2 Å². The molecule has 148 valence electrons. The lowest BCUT2D eigenvalue weighted by molar-refractivity contribution is -0.391. The maximum absolute atomic E-state index is 14.0. The predicted octanol–water partition coefficient (Wildman–Crippen LogP) is 1.94. The smallest absolute Gasteiger partial charge is 0.464 e. The Kier molecular flexibility index (Phi) is 5.54. The van der Waals surface area contributed by atoms with Crippen molar-refractivity contribution in [3.8, 4) is 11.5 Å². The third-order valence-corrected chi connectivity index (χ3v) is 3.05. The average Bonchev–Trinajstić information content (AvgIpc) is 2.56. The molecule has 1 aromatic carbocycles. The number of Topliss-reactive ketones (excluding diaryl/α,β-unsaturated/α-hetero) is 1. The van der Waals surface area contributed by atoms with Gasteiger partial charge in [0, 0.05) is 19.2 Å². The Morgan fingerprint density at radius 2 is 1.67 bits per heavy atom. The Morgan fingerprint density at radius 3 is 2.19 bits per heavy atom. The topological polar surface area (TPSA) is 95.5 Å². The summed E-state index contributed by atoms with van der Waals surface area (Å²) < 4.78 is 83.0. The highest BCUT2D eigenvalue weighted by atomic mass is 19.3. The molecule has 1 N–H and O–H groups in total. The van der Waals surface area contributed by atoms with E-state index in [2.05, 4.69) is 24.0 Å². The quantitative estimate of drug-likeness (QED) is 0.257. The Labute approximate surface area is 147 Å². The molecule has 2 rings (SSSR count). The van der Waals surface area contributed by atoms with Gasteiger partial charge >= 0.3 is 18.2 Å². The van der Waals surface area contributed by atoms with Crippen molar-refractivity contribution in [1.82, 2.24) is 0 Å². The molecule has 27 heavy (non-hydrogen) atoms. The van der Waals surface area contributed by atoms with Crippen LogP contribution in [0.3, 0.4) is 0 Å². The molecule has 0 saturated carbocycles. The molecule has 0 radical (unpaired) electrons. The number of carbonyl (C=O) groups is 2. The lowest BCUT2D eigenvalue weighted by atomic mass is 10.2. The summed E-state index contributed by atoms with van der Waals surface area (Å²) in [6.45, 7) is -0.555. The van der Waals surface area contributed by atoms with E-state index in [4.69, 9.17) is 0 Å². The minimum absolute atomic E-state index is 0.338. The molecule has 0 saturated heterocycles. The van der Waals surface area contributed by atoms with E-state index >= 15 is 0 Å². The van der Waals surface area contributed by atoms with Crippen LogP contribution in [0.2, 0.25) is 0 Å². The second-order valence-electron chi connectivity index (χ2n) is 4.94. The van der Waals surface area contributed by atoms with Gasteiger partial charge in [0.25, 0.3) is 0 Å². The molecule has 13 heteroatoms. The van der Waals surface area contributed by atoms with Crippen molar-refractivity contribution in [3.05, 3.63) is 17.9 Å². The molecule has 0 atom stereocenters. The number of hydrogen-bond acceptors (Lipinski definition) is 8. The first kappa shape index (κ1) is 20.4. The van der Waals surface area contributed by atoms with Crippen molar-refractivity contribution in [1.29, 1.82) is 0 Å². The third kappa shape index (κ3) is 4.07. The van der Waals surface area contributed by atoms with Gasteiger partial charge in [0.05, 0.1) is 12.8 Å². The fraction of sp³-hybridized carbons (Fsp3) is 0.357. The molecule has 0 aliphatic carbocycles. The number of halogens is 5. The van der Waals surface area contributed by atoms with Crippen molar-refractivity contribution in [2.45, 2.75) is 12.2 Å². The van der Waals surface area contributed by atoms with Crippen LogP contribution in [0.4, 0.5) is 27.6 Å². The summed E-state index contributed by atoms with van der Waals surface area (Å²) in [7, 11) is 2.11. The van der Waals surface area contributed by atoms with E-state index in [0.717, 1.165) is 14.2 Å². The molecule has 1 aliphatic heterocycles. The van der Waals surface area contributed by atoms with Gasteiger partial charge in [-0.25, -0.2) is 9.18 Å². The zero-order chi connectivity index (χ0) is 20.4. The van der Waals surface area contributed by atoms with E-state index in [1.807, 2.05) is 5.43 Å². The molecule has 0 bridgehead atoms. The summed E-state index contributed by atoms with van der Waals surface area (Å²) in [4.78, 5) is 23.3. The monoisotopic (exact) mass is 398 g/mol. The fourth-order valence-electron chi connectivity index (χ4n) is 1.81. The van der Waals surface area contributed by atoms with Gasteiger partial charge in [0.1, 0.15) is 6.61 Å². The van der Waals surface area contributed by atoms with Crippen molar-refractivity contribution in [3.63, 3.8) is 0 Å². The normalized spacial score (nSPS) is 17.2. The van der Waals surface area contributed by atoms with Crippen LogP contribution < -0.4 is 14.9 Å². The maximum atomic E-state index is 14.0. The highest BCUT2D eigenvalue weighted by Gasteiger charge is 2.66. The number of benzene rings is 1. The first-order valence-corrected chi connectivity index (χ1v) is 6.93. The summed E-state index contributed by atoms with van der Waals surface area (Å²) in [6, 6.07) is 0.873. The summed E-state index contributed by atoms with van der Waals surface area (Å²) >= 11 is 0. The van der Waals surface area contributed by atoms with Gasteiger partial charge in [-0.3, -0.25) is 10.2 Å². The van der Waals surface area contributed by atoms with Crippen LogP contribution in [0.1, 0.15) is 0 Å². The number of nitrogens with one attached hydrogen (secondary N) is 1. The molecule has 0 aromatic heterocycles. The summed E-state index contributed by atoms with van der Waals surface area (Å²) in [5, 5.41) is 3.35. The van der Waals surface area contributed by atoms with E-state index in [1.165, 1.54) is 0 Å². The zero-order valence-corrected chi connectivity index (χ0v) is 13.6. The summed E-state index contributed by atoms with van der Waals surface area (Å²) in [5.41, 5.74) is 0.443. The summed E-state index contributed by atoms with van der Waals surface area (Å²) in [5.74, 6) is -5.30. The van der Waals surface area contributed by atoms with Crippen molar-refractivity contribution >= 4 is 23.2 Å². The molecule has 0 amide bonds. The number of anilines is 1. The Balaban J connectivity index is 2.35. The largest absolute Gasteiger partial charge is 0.507 e. The number of fused-ring (bicyclic) bond motifs is 1. The SMILES string of the molecule is COCC(=O)/C(=N/Nc1cc2c(cc1F)OC(F)(F)C(F)(F)O2)C(=O)OC. The number of ketones is 1. The Morgan fingerprint density at radius 1 is 1.11 bits per heavy atom. The zero-order valence-electron chi connectivity index (χ0n) is 13.6. The van der Waals surface area contributed by atoms with Crippen molar-refractivity contribution in [2.75, 3.05) is 26.3 Å². The molecule has 1 heterocycles. The average molecular weight is 398 g/mol. The lowest BCUT2D eigenvalue weighted by Gasteiger charge is -2.32. The van der Waals surface area contributed by atoms with Gasteiger partial charge < -0.3 is 18.9 Å². The van der Waals surface area contributed by atoms with Crippen LogP contribution in [0, 0.1) is 5.82 Å². The Bertz CT molecular complexity index is 798. The Hall–Kier alpha value is -2.96. The lowest BCUT2D eigenvalue weighted by Crippen LogP contribution is -2.52. The standard InChI is InChI=1S/C14H11F5N2O6/c1-24-5-8(22)11(12(23)25-2)21-20-7-4-10-9(3-6(7)15)26-13(16,17)14(18,19)27-10/h3-4,20H,5H2,1-2H3/b21-11-. The van der Waals surface area contributed by atoms with Gasteiger partial charge in [0.2, 0.25) is 11.5 Å². The van der Waals surface area contributed by atoms with Crippen molar-refractivity contribution in [2.24, 2.45) is 5.10 Å². The maximum Gasteiger partial charge on any atom is 0.507 e. The van der Waals surface area contributed by atoms with Crippen LogP contribution >= 0.6 is 0 Å². The molecule has 1 aromatic rings. The van der Waals surface area contributed by atoms with Gasteiger partial charge in [0.15, 0.2) is 17.3 Å². The molecule has 0 spiro atoms. The van der Waals surface area contributed by atoms with E-state index < -0.39 is 59.3 Å². The second-order valence-corrected chi connectivity index (χ2v) is 4.94. The van der Waals surface area contributed by atoms with E-state index in [9.17, 15) is 31.5 Å². The number of carbonyl (C=O) groups excluding carboxylic acids is 2. The number of esters is 1. The molecular weight excluding hydrogens is 387 g/mol. The summed E-state index contributed by atoms with van der Waals surface area (Å²) in [6.07, 6.45) is -10.0. The second kappa shape index (κ2) is 7.34. The predicted molar refractivity (Wildman–Crippen MR) is 77.5 cm³/mol. The van der Waals surface area contributed by atoms with Crippen LogP contribution in [-0.2, 0) is 19.1 Å². The number of hydrazone groups is 1. The first-order valence-electron chi connectivity index (χ1n) is 6.93. The number of methoxy groups -OCH3 is 2. The van der Waals surface area contributed by atoms with Gasteiger partial charge in [-0.05, 0) is 0 Å². The van der Waals surface area contributed by atoms with Crippen LogP contribution in [0.5, 0.6) is 11.5 Å². The number of nitrogens with zero attached hydrogens (tertiary/aromatic N) is 1. The number of ether oxygens (including phenoxy) is 4. The van der Waals surface area contributed by atoms with E-state index in [1.54, 1.807) is 0 Å². The molecular formula is C14H11F5N2O6. The van der Waals surface area contributed by atoms with Gasteiger partial charge in [-0.2, -0.15) is 22.7 Å². The highest BCUT2D eigenvalue weighted by molar-refractivity contribution is 6.64. The molecule has 0 fully saturated rings. The first-order chi connectivity index (χ1) is 12.5. The molecule has 0 unspecified atom stereocenters. The highest BCUT2D eigenvalue weighted by Crippen LogP contribution is 2.48. The number of hydrogen-bond donors (Lipinski definition) is 1. The fourth-order valence-corrected chi connectivity index (χ4v) is 1.81. The molecule has 1 aliphatic rings. The molecule has 8 nitrogen and oxygen atoms in total. The van der Waals surface area contributed by atoms with Gasteiger partial charge in [-0.15, -0.1) is 0 Å². The van der Waals surface area contributed by atoms with Gasteiger partial charge in [-0.1, -0.05) is 0 Å². The van der Waals surface area contributed by atoms with E-state index in [0.29, 0.717) is 12.1 Å². The van der Waals surface area contributed by atoms with Crippen LogP contribution in [0.25, 0.3) is 0 Å². The number of rotatable bonds is 6. The minimum Gasteiger partial charge on any atom is -0.464 e. The minimum atomic E-state index is -5.01.